The lowest BCUT2D eigenvalue weighted by Crippen LogP contribution is -2.69. The zero-order chi connectivity index (χ0) is 29.8. The molecule has 11 nitrogen and oxygen atoms in total. The van der Waals surface area contributed by atoms with Crippen LogP contribution in [0.2, 0.25) is 5.02 Å². The number of halogens is 4. The Hall–Kier alpha value is -3.66. The first-order valence-corrected chi connectivity index (χ1v) is 13.2. The van der Waals surface area contributed by atoms with E-state index in [0.29, 0.717) is 15.9 Å². The van der Waals surface area contributed by atoms with Gasteiger partial charge in [0.15, 0.2) is 17.5 Å². The summed E-state index contributed by atoms with van der Waals surface area (Å²) in [4.78, 5) is 17.7. The van der Waals surface area contributed by atoms with Crippen LogP contribution in [0.4, 0.5) is 13.2 Å². The molecule has 1 spiro atoms. The Kier molecular flexibility index (Phi) is 7.37. The molecule has 6 atom stereocenters. The number of rotatable bonds is 5. The molecular formula is C27H23ClF3N5O6. The number of fused-ring (bicyclic) bond motifs is 1. The van der Waals surface area contributed by atoms with Crippen LogP contribution in [0.3, 0.4) is 0 Å². The second kappa shape index (κ2) is 10.9. The van der Waals surface area contributed by atoms with Crippen LogP contribution in [-0.2, 0) is 9.47 Å². The van der Waals surface area contributed by atoms with Crippen molar-refractivity contribution in [1.82, 2.24) is 25.3 Å². The molecule has 2 aliphatic rings. The summed E-state index contributed by atoms with van der Waals surface area (Å²) in [5.74, 6) is -7.00. The van der Waals surface area contributed by atoms with Gasteiger partial charge in [0.1, 0.15) is 30.0 Å². The number of carbonyl (C=O) groups is 1. The van der Waals surface area contributed by atoms with E-state index in [-0.39, 0.29) is 29.8 Å². The molecule has 0 unspecified atom stereocenters. The van der Waals surface area contributed by atoms with E-state index in [1.54, 1.807) is 24.3 Å². The van der Waals surface area contributed by atoms with Crippen molar-refractivity contribution in [2.75, 3.05) is 13.2 Å². The molecule has 4 N–H and O–H groups in total. The van der Waals surface area contributed by atoms with E-state index in [9.17, 15) is 33.3 Å². The highest BCUT2D eigenvalue weighted by Crippen LogP contribution is 2.43. The Morgan fingerprint density at radius 1 is 1.19 bits per heavy atom. The number of hydrogen-bond donors (Lipinski definition) is 4. The Morgan fingerprint density at radius 3 is 2.69 bits per heavy atom. The molecule has 42 heavy (non-hydrogen) atoms. The molecule has 2 aliphatic heterocycles. The number of carbonyl (C=O) groups excluding carboxylic acids is 1. The summed E-state index contributed by atoms with van der Waals surface area (Å²) in [7, 11) is 0. The van der Waals surface area contributed by atoms with Crippen molar-refractivity contribution in [3.63, 3.8) is 0 Å². The fourth-order valence-electron chi connectivity index (χ4n) is 5.50. The van der Waals surface area contributed by atoms with Crippen LogP contribution in [-0.4, -0.2) is 84.6 Å². The maximum atomic E-state index is 13.8. The minimum Gasteiger partial charge on any atom is -0.394 e. The fraction of sp³-hybridized carbons (Fsp3) is 0.333. The molecule has 4 heterocycles. The highest BCUT2D eigenvalue weighted by molar-refractivity contribution is 6.31. The minimum atomic E-state index is -1.94. The summed E-state index contributed by atoms with van der Waals surface area (Å²) in [6.45, 7) is -0.651. The number of nitrogens with one attached hydrogen (secondary N) is 1. The first-order valence-electron chi connectivity index (χ1n) is 12.8. The average Bonchev–Trinajstić information content (AvgIpc) is 3.61. The number of benzene rings is 2. The van der Waals surface area contributed by atoms with Gasteiger partial charge in [0.05, 0.1) is 36.0 Å². The molecule has 0 bridgehead atoms. The molecule has 0 saturated carbocycles. The standard InChI is InChI=1S/C27H23ClF3N5O6/c28-13-8-15-14(2-1-3-18(15)32-9-13)26(40)33-21-4-5-41-27(21)25(39)23(24(38)20(11-37)42-27)36-10-19(34-35-36)12-6-16(29)22(31)17(30)7-12/h1-3,6-10,20-21,23-25,37-39H,4-5,11H2,(H,33,40)/t20-,21-,23+,24+,25-,27+/m1/s1. The third kappa shape index (κ3) is 4.69. The highest BCUT2D eigenvalue weighted by Gasteiger charge is 2.62. The summed E-state index contributed by atoms with van der Waals surface area (Å²) in [5.41, 5.74) is 0.553. The van der Waals surface area contributed by atoms with Crippen LogP contribution >= 0.6 is 11.6 Å². The van der Waals surface area contributed by atoms with Gasteiger partial charge >= 0.3 is 0 Å². The summed E-state index contributed by atoms with van der Waals surface area (Å²) >= 11 is 6.10. The van der Waals surface area contributed by atoms with Crippen molar-refractivity contribution in [3.05, 3.63) is 76.8 Å². The maximum absolute atomic E-state index is 13.8. The SMILES string of the molecule is O=C(N[C@@H]1CCO[C@]12O[C@H](CO)[C@H](O)[C@H](n1cc(-c3cc(F)c(F)c(F)c3)nn1)[C@H]2O)c1cccc2ncc(Cl)cc12. The molecule has 0 radical (unpaired) electrons. The molecule has 220 valence electrons. The highest BCUT2D eigenvalue weighted by atomic mass is 35.5. The number of aliphatic hydroxyl groups excluding tert-OH is 3. The first-order chi connectivity index (χ1) is 20.1. The fourth-order valence-corrected chi connectivity index (χ4v) is 5.66. The molecular weight excluding hydrogens is 583 g/mol. The van der Waals surface area contributed by atoms with Gasteiger partial charge in [-0.3, -0.25) is 9.78 Å². The predicted molar refractivity (Wildman–Crippen MR) is 140 cm³/mol. The Labute approximate surface area is 240 Å². The number of pyridine rings is 1. The van der Waals surface area contributed by atoms with E-state index in [1.807, 2.05) is 0 Å². The van der Waals surface area contributed by atoms with Gasteiger partial charge in [-0.25, -0.2) is 17.9 Å². The van der Waals surface area contributed by atoms with E-state index in [2.05, 4.69) is 20.6 Å². The molecule has 2 saturated heterocycles. The molecule has 2 fully saturated rings. The van der Waals surface area contributed by atoms with Crippen LogP contribution in [0.15, 0.2) is 48.8 Å². The molecule has 2 aromatic heterocycles. The van der Waals surface area contributed by atoms with Gasteiger partial charge in [-0.1, -0.05) is 22.9 Å². The molecule has 0 aliphatic carbocycles. The van der Waals surface area contributed by atoms with Crippen molar-refractivity contribution in [2.24, 2.45) is 0 Å². The molecule has 2 aromatic carbocycles. The van der Waals surface area contributed by atoms with Crippen LogP contribution in [0.5, 0.6) is 0 Å². The smallest absolute Gasteiger partial charge is 0.252 e. The van der Waals surface area contributed by atoms with Gasteiger partial charge in [0, 0.05) is 22.7 Å². The van der Waals surface area contributed by atoms with Gasteiger partial charge in [-0.2, -0.15) is 0 Å². The lowest BCUT2D eigenvalue weighted by Gasteiger charge is -2.49. The molecule has 6 rings (SSSR count). The average molecular weight is 606 g/mol. The van der Waals surface area contributed by atoms with Crippen LogP contribution in [0.1, 0.15) is 22.8 Å². The number of aliphatic hydroxyl groups is 3. The van der Waals surface area contributed by atoms with E-state index >= 15 is 0 Å². The van der Waals surface area contributed by atoms with Crippen molar-refractivity contribution < 1.29 is 42.8 Å². The predicted octanol–water partition coefficient (Wildman–Crippen LogP) is 2.13. The van der Waals surface area contributed by atoms with Crippen molar-refractivity contribution in [1.29, 1.82) is 0 Å². The summed E-state index contributed by atoms with van der Waals surface area (Å²) < 4.78 is 54.0. The van der Waals surface area contributed by atoms with Gasteiger partial charge in [-0.15, -0.1) is 5.10 Å². The summed E-state index contributed by atoms with van der Waals surface area (Å²) in [5, 5.41) is 44.1. The zero-order valence-electron chi connectivity index (χ0n) is 21.5. The molecule has 4 aromatic rings. The second-order valence-corrected chi connectivity index (χ2v) is 10.4. The van der Waals surface area contributed by atoms with E-state index in [1.165, 1.54) is 12.4 Å². The van der Waals surface area contributed by atoms with Crippen LogP contribution in [0, 0.1) is 17.5 Å². The number of hydrogen-bond acceptors (Lipinski definition) is 9. The third-order valence-electron chi connectivity index (χ3n) is 7.54. The van der Waals surface area contributed by atoms with E-state index < -0.39 is 66.1 Å². The third-order valence-corrected chi connectivity index (χ3v) is 7.75. The zero-order valence-corrected chi connectivity index (χ0v) is 22.2. The second-order valence-electron chi connectivity index (χ2n) is 10.0. The Balaban J connectivity index is 1.33. The summed E-state index contributed by atoms with van der Waals surface area (Å²) in [6.07, 6.45) is -1.71. The van der Waals surface area contributed by atoms with E-state index in [0.717, 1.165) is 16.8 Å². The van der Waals surface area contributed by atoms with Crippen molar-refractivity contribution in [3.8, 4) is 11.3 Å². The lowest BCUT2D eigenvalue weighted by atomic mass is 9.86. The number of nitrogens with zero attached hydrogens (tertiary/aromatic N) is 4. The van der Waals surface area contributed by atoms with Gasteiger partial charge < -0.3 is 30.1 Å². The summed E-state index contributed by atoms with van der Waals surface area (Å²) in [6, 6.07) is 5.68. The lowest BCUT2D eigenvalue weighted by molar-refractivity contribution is -0.344. The van der Waals surface area contributed by atoms with Gasteiger partial charge in [0.2, 0.25) is 5.79 Å². The van der Waals surface area contributed by atoms with Crippen molar-refractivity contribution >= 4 is 28.4 Å². The number of amides is 1. The van der Waals surface area contributed by atoms with E-state index in [4.69, 9.17) is 21.1 Å². The quantitative estimate of drug-likeness (QED) is 0.251. The van der Waals surface area contributed by atoms with Crippen LogP contribution in [0.25, 0.3) is 22.2 Å². The van der Waals surface area contributed by atoms with Crippen molar-refractivity contribution in [2.45, 2.75) is 42.6 Å². The van der Waals surface area contributed by atoms with Gasteiger partial charge in [-0.05, 0) is 36.8 Å². The topological polar surface area (TPSA) is 152 Å². The number of aromatic nitrogens is 4. The minimum absolute atomic E-state index is 0.0443. The monoisotopic (exact) mass is 605 g/mol. The normalized spacial score (nSPS) is 27.5. The van der Waals surface area contributed by atoms with Gasteiger partial charge in [0.25, 0.3) is 5.91 Å². The Morgan fingerprint density at radius 2 is 1.95 bits per heavy atom. The number of ether oxygens (including phenoxy) is 2. The molecule has 15 heteroatoms. The Bertz CT molecular complexity index is 1650. The maximum Gasteiger partial charge on any atom is 0.252 e. The first kappa shape index (κ1) is 28.5. The van der Waals surface area contributed by atoms with Crippen LogP contribution < -0.4 is 5.32 Å². The largest absolute Gasteiger partial charge is 0.394 e. The molecule has 1 amide bonds.